The van der Waals surface area contributed by atoms with Crippen LogP contribution in [0.4, 0.5) is 22.0 Å². The summed E-state index contributed by atoms with van der Waals surface area (Å²) in [5.41, 5.74) is -0.0676. The van der Waals surface area contributed by atoms with Crippen molar-refractivity contribution in [3.05, 3.63) is 34.6 Å². The lowest BCUT2D eigenvalue weighted by molar-refractivity contribution is -0.170. The van der Waals surface area contributed by atoms with Gasteiger partial charge in [-0.15, -0.1) is 0 Å². The maximum Gasteiger partial charge on any atom is 0.330 e. The molecule has 0 aromatic heterocycles. The van der Waals surface area contributed by atoms with Crippen LogP contribution in [0.2, 0.25) is 5.02 Å². The van der Waals surface area contributed by atoms with E-state index >= 15 is 0 Å². The second-order valence-corrected chi connectivity index (χ2v) is 4.17. The van der Waals surface area contributed by atoms with Crippen LogP contribution in [0.1, 0.15) is 11.7 Å². The Morgan fingerprint density at radius 1 is 1.32 bits per heavy atom. The minimum absolute atomic E-state index is 0.0121. The minimum Gasteiger partial charge on any atom is -0.386 e. The number of aliphatic hydroxyl groups excluding tert-OH is 1. The maximum atomic E-state index is 12.9. The van der Waals surface area contributed by atoms with Gasteiger partial charge in [-0.3, -0.25) is 0 Å². The van der Waals surface area contributed by atoms with E-state index in [0.29, 0.717) is 0 Å². The van der Waals surface area contributed by atoms with E-state index < -0.39 is 37.5 Å². The molecule has 0 radical (unpaired) electrons. The highest BCUT2D eigenvalue weighted by Crippen LogP contribution is 2.26. The number of rotatable bonds is 6. The van der Waals surface area contributed by atoms with Gasteiger partial charge in [-0.25, -0.2) is 13.2 Å². The molecule has 0 spiro atoms. The summed E-state index contributed by atoms with van der Waals surface area (Å²) in [7, 11) is 0. The molecule has 0 aliphatic carbocycles. The molecular formula is C11H10ClF5O2. The molecule has 0 amide bonds. The molecule has 0 bridgehead atoms. The van der Waals surface area contributed by atoms with Gasteiger partial charge in [0.05, 0.1) is 6.61 Å². The van der Waals surface area contributed by atoms with Crippen molar-refractivity contribution in [2.24, 2.45) is 0 Å². The highest BCUT2D eigenvalue weighted by molar-refractivity contribution is 6.31. The molecule has 1 aromatic rings. The molecule has 0 heterocycles. The first-order valence-corrected chi connectivity index (χ1v) is 5.48. The Morgan fingerprint density at radius 2 is 1.95 bits per heavy atom. The zero-order chi connectivity index (χ0) is 14.6. The highest BCUT2D eigenvalue weighted by atomic mass is 35.5. The van der Waals surface area contributed by atoms with Crippen molar-refractivity contribution in [1.82, 2.24) is 0 Å². The first kappa shape index (κ1) is 16.1. The second-order valence-electron chi connectivity index (χ2n) is 3.76. The van der Waals surface area contributed by atoms with Crippen LogP contribution in [0.15, 0.2) is 18.2 Å². The van der Waals surface area contributed by atoms with E-state index in [0.717, 1.165) is 12.1 Å². The van der Waals surface area contributed by atoms with Gasteiger partial charge in [0.25, 0.3) is 0 Å². The fourth-order valence-electron chi connectivity index (χ4n) is 1.23. The molecule has 2 nitrogen and oxygen atoms in total. The predicted octanol–water partition coefficient (Wildman–Crippen LogP) is 3.43. The molecule has 1 aromatic carbocycles. The van der Waals surface area contributed by atoms with Gasteiger partial charge in [0.2, 0.25) is 0 Å². The fourth-order valence-corrected chi connectivity index (χ4v) is 1.47. The number of alkyl halides is 4. The van der Waals surface area contributed by atoms with Gasteiger partial charge >= 0.3 is 12.3 Å². The van der Waals surface area contributed by atoms with E-state index in [9.17, 15) is 27.1 Å². The number of ether oxygens (including phenoxy) is 1. The van der Waals surface area contributed by atoms with E-state index in [1.54, 1.807) is 0 Å². The minimum atomic E-state index is -4.30. The first-order valence-electron chi connectivity index (χ1n) is 5.11. The Morgan fingerprint density at radius 3 is 2.53 bits per heavy atom. The summed E-state index contributed by atoms with van der Waals surface area (Å²) in [6.07, 6.45) is -5.35. The third kappa shape index (κ3) is 4.59. The monoisotopic (exact) mass is 304 g/mol. The lowest BCUT2D eigenvalue weighted by Crippen LogP contribution is -2.33. The number of hydrogen-bond donors (Lipinski definition) is 1. The predicted molar refractivity (Wildman–Crippen MR) is 58.1 cm³/mol. The van der Waals surface area contributed by atoms with Gasteiger partial charge in [-0.2, -0.15) is 8.78 Å². The van der Waals surface area contributed by atoms with E-state index in [4.69, 9.17) is 11.6 Å². The van der Waals surface area contributed by atoms with Crippen LogP contribution in [0.3, 0.4) is 0 Å². The van der Waals surface area contributed by atoms with E-state index in [2.05, 4.69) is 4.74 Å². The number of halogens is 6. The summed E-state index contributed by atoms with van der Waals surface area (Å²) in [6.45, 7) is -2.25. The summed E-state index contributed by atoms with van der Waals surface area (Å²) < 4.78 is 65.8. The third-order valence-corrected chi connectivity index (χ3v) is 2.55. The maximum absolute atomic E-state index is 12.9. The standard InChI is InChI=1S/C11H10ClF5O2/c12-8-2-1-6(13)3-7(8)9(18)4-19-5-11(16,17)10(14)15/h1-3,9-10,18H,4-5H2. The first-order chi connectivity index (χ1) is 8.74. The van der Waals surface area contributed by atoms with E-state index in [-0.39, 0.29) is 10.6 Å². The van der Waals surface area contributed by atoms with Crippen LogP contribution in [0.25, 0.3) is 0 Å². The van der Waals surface area contributed by atoms with Crippen molar-refractivity contribution in [2.75, 3.05) is 13.2 Å². The Balaban J connectivity index is 2.56. The van der Waals surface area contributed by atoms with Crippen LogP contribution in [-0.4, -0.2) is 30.7 Å². The quantitative estimate of drug-likeness (QED) is 0.816. The Hall–Kier alpha value is -0.920. The fraction of sp³-hybridized carbons (Fsp3) is 0.455. The van der Waals surface area contributed by atoms with Crippen molar-refractivity contribution in [3.63, 3.8) is 0 Å². The third-order valence-electron chi connectivity index (χ3n) is 2.21. The Bertz CT molecular complexity index is 428. The van der Waals surface area contributed by atoms with E-state index in [1.165, 1.54) is 6.07 Å². The zero-order valence-electron chi connectivity index (χ0n) is 9.42. The molecule has 19 heavy (non-hydrogen) atoms. The topological polar surface area (TPSA) is 29.5 Å². The lowest BCUT2D eigenvalue weighted by Gasteiger charge is -2.17. The molecule has 1 unspecified atom stereocenters. The summed E-state index contributed by atoms with van der Waals surface area (Å²) in [5.74, 6) is -4.98. The Kier molecular flexibility index (Phi) is 5.51. The summed E-state index contributed by atoms with van der Waals surface area (Å²) >= 11 is 5.66. The van der Waals surface area contributed by atoms with E-state index in [1.807, 2.05) is 0 Å². The van der Waals surface area contributed by atoms with Gasteiger partial charge < -0.3 is 9.84 Å². The van der Waals surface area contributed by atoms with Gasteiger partial charge in [0.15, 0.2) is 0 Å². The summed E-state index contributed by atoms with van der Waals surface area (Å²) in [4.78, 5) is 0. The van der Waals surface area contributed by atoms with Crippen molar-refractivity contribution in [2.45, 2.75) is 18.5 Å². The molecule has 0 aliphatic rings. The van der Waals surface area contributed by atoms with Gasteiger partial charge in [0, 0.05) is 10.6 Å². The van der Waals surface area contributed by atoms with Crippen LogP contribution in [0, 0.1) is 5.82 Å². The molecule has 1 N–H and O–H groups in total. The summed E-state index contributed by atoms with van der Waals surface area (Å²) in [6, 6.07) is 3.12. The van der Waals surface area contributed by atoms with Crippen molar-refractivity contribution < 1.29 is 31.8 Å². The molecule has 108 valence electrons. The SMILES string of the molecule is OC(COCC(F)(F)C(F)F)c1cc(F)ccc1Cl. The molecule has 0 fully saturated rings. The van der Waals surface area contributed by atoms with Crippen molar-refractivity contribution in [3.8, 4) is 0 Å². The largest absolute Gasteiger partial charge is 0.386 e. The molecule has 8 heteroatoms. The molecule has 1 rings (SSSR count). The Labute approximate surface area is 110 Å². The molecule has 0 aliphatic heterocycles. The zero-order valence-corrected chi connectivity index (χ0v) is 10.2. The molecule has 0 saturated carbocycles. The molecule has 1 atom stereocenters. The second kappa shape index (κ2) is 6.49. The normalized spacial score (nSPS) is 13.9. The number of aliphatic hydroxyl groups is 1. The average Bonchev–Trinajstić information content (AvgIpc) is 2.31. The summed E-state index contributed by atoms with van der Waals surface area (Å²) in [5, 5.41) is 9.56. The van der Waals surface area contributed by atoms with Crippen LogP contribution >= 0.6 is 11.6 Å². The molecular weight excluding hydrogens is 295 g/mol. The van der Waals surface area contributed by atoms with Crippen molar-refractivity contribution in [1.29, 1.82) is 0 Å². The van der Waals surface area contributed by atoms with Gasteiger partial charge in [-0.1, -0.05) is 11.6 Å². The highest BCUT2D eigenvalue weighted by Gasteiger charge is 2.41. The van der Waals surface area contributed by atoms with Gasteiger partial charge in [0.1, 0.15) is 18.5 Å². The molecule has 0 saturated heterocycles. The number of benzene rings is 1. The van der Waals surface area contributed by atoms with Gasteiger partial charge in [-0.05, 0) is 18.2 Å². The van der Waals surface area contributed by atoms with Crippen LogP contribution in [0.5, 0.6) is 0 Å². The smallest absolute Gasteiger partial charge is 0.330 e. The number of hydrogen-bond acceptors (Lipinski definition) is 2. The van der Waals surface area contributed by atoms with Crippen molar-refractivity contribution >= 4 is 11.6 Å². The average molecular weight is 305 g/mol. The van der Waals surface area contributed by atoms with Crippen LogP contribution in [-0.2, 0) is 4.74 Å². The van der Waals surface area contributed by atoms with Crippen LogP contribution < -0.4 is 0 Å². The lowest BCUT2D eigenvalue weighted by atomic mass is 10.1.